The highest BCUT2D eigenvalue weighted by Crippen LogP contribution is 2.30. The number of hydrogen-bond donors (Lipinski definition) is 3. The number of aliphatic hydroxyl groups is 1. The molecule has 0 radical (unpaired) electrons. The molecule has 0 fully saturated rings. The van der Waals surface area contributed by atoms with Crippen molar-refractivity contribution < 1.29 is 23.0 Å². The number of aromatic nitrogens is 1. The van der Waals surface area contributed by atoms with Crippen LogP contribution in [-0.4, -0.2) is 48.4 Å². The summed E-state index contributed by atoms with van der Waals surface area (Å²) in [6, 6.07) is 4.35. The van der Waals surface area contributed by atoms with E-state index in [9.17, 15) is 18.3 Å². The van der Waals surface area contributed by atoms with E-state index in [0.717, 1.165) is 30.0 Å². The molecular weight excluding hydrogens is 544 g/mol. The monoisotopic (exact) mass is 572 g/mol. The van der Waals surface area contributed by atoms with E-state index in [2.05, 4.69) is 27.5 Å². The summed E-state index contributed by atoms with van der Waals surface area (Å²) in [6.45, 7) is 5.37. The number of aliphatic imine (C=N–C) groups is 1. The molecule has 31 heavy (non-hydrogen) atoms. The van der Waals surface area contributed by atoms with Crippen molar-refractivity contribution in [3.05, 3.63) is 45.9 Å². The van der Waals surface area contributed by atoms with Gasteiger partial charge in [-0.25, -0.2) is 4.98 Å². The van der Waals surface area contributed by atoms with Gasteiger partial charge in [-0.15, -0.1) is 35.3 Å². The Balaban J connectivity index is 0.00000480. The van der Waals surface area contributed by atoms with Crippen LogP contribution in [0.1, 0.15) is 29.3 Å². The molecule has 1 aromatic heterocycles. The summed E-state index contributed by atoms with van der Waals surface area (Å²) in [4.78, 5) is 9.95. The van der Waals surface area contributed by atoms with Crippen LogP contribution < -0.4 is 15.4 Å². The number of ether oxygens (including phenoxy) is 1. The van der Waals surface area contributed by atoms with Crippen molar-refractivity contribution in [3.63, 3.8) is 0 Å². The fraction of sp³-hybridized carbons (Fsp3) is 0.500. The van der Waals surface area contributed by atoms with Crippen LogP contribution >= 0.6 is 35.3 Å². The third-order valence-electron chi connectivity index (χ3n) is 4.01. The Morgan fingerprint density at radius 3 is 2.52 bits per heavy atom. The van der Waals surface area contributed by atoms with Crippen LogP contribution in [0.3, 0.4) is 0 Å². The molecule has 0 amide bonds. The molecule has 1 unspecified atom stereocenters. The Morgan fingerprint density at radius 1 is 1.23 bits per heavy atom. The number of hydrogen-bond acceptors (Lipinski definition) is 5. The number of aryl methyl sites for hydroxylation is 1. The number of aliphatic hydroxyl groups excluding tert-OH is 1. The van der Waals surface area contributed by atoms with E-state index >= 15 is 0 Å². The third kappa shape index (κ3) is 10.0. The SMILES string of the molecule is CCNC(=NCC(O)COc1ccc(C(F)(F)F)cc1)NCCc1ncc(CC)s1.I. The van der Waals surface area contributed by atoms with Crippen molar-refractivity contribution in [2.45, 2.75) is 39.0 Å². The molecule has 2 aromatic rings. The van der Waals surface area contributed by atoms with Crippen LogP contribution in [-0.2, 0) is 19.0 Å². The third-order valence-corrected chi connectivity index (χ3v) is 5.21. The minimum Gasteiger partial charge on any atom is -0.491 e. The highest BCUT2D eigenvalue weighted by atomic mass is 127. The summed E-state index contributed by atoms with van der Waals surface area (Å²) in [5.41, 5.74) is -0.745. The second-order valence-corrected chi connectivity index (χ2v) is 7.66. The second-order valence-electron chi connectivity index (χ2n) is 6.46. The van der Waals surface area contributed by atoms with Crippen LogP contribution in [0.4, 0.5) is 13.2 Å². The number of thiazole rings is 1. The number of guanidine groups is 1. The summed E-state index contributed by atoms with van der Waals surface area (Å²) >= 11 is 1.69. The first-order valence-electron chi connectivity index (χ1n) is 9.75. The maximum absolute atomic E-state index is 12.6. The zero-order valence-electron chi connectivity index (χ0n) is 17.4. The number of benzene rings is 1. The minimum atomic E-state index is -4.39. The Bertz CT molecular complexity index is 800. The van der Waals surface area contributed by atoms with E-state index in [1.165, 1.54) is 17.0 Å². The normalized spacial score (nSPS) is 12.8. The molecule has 0 bridgehead atoms. The van der Waals surface area contributed by atoms with Gasteiger partial charge in [-0.05, 0) is 37.6 Å². The topological polar surface area (TPSA) is 78.8 Å². The Morgan fingerprint density at radius 2 is 1.94 bits per heavy atom. The molecule has 0 aliphatic carbocycles. The van der Waals surface area contributed by atoms with Gasteiger partial charge in [0.25, 0.3) is 0 Å². The van der Waals surface area contributed by atoms with Crippen molar-refractivity contribution in [1.29, 1.82) is 0 Å². The van der Waals surface area contributed by atoms with Gasteiger partial charge in [-0.3, -0.25) is 4.99 Å². The maximum Gasteiger partial charge on any atom is 0.416 e. The van der Waals surface area contributed by atoms with Gasteiger partial charge >= 0.3 is 6.18 Å². The van der Waals surface area contributed by atoms with Gasteiger partial charge in [-0.1, -0.05) is 6.92 Å². The molecule has 174 valence electrons. The Labute approximate surface area is 201 Å². The number of nitrogens with zero attached hydrogens (tertiary/aromatic N) is 2. The average Bonchev–Trinajstić information content (AvgIpc) is 3.18. The van der Waals surface area contributed by atoms with Crippen molar-refractivity contribution in [2.75, 3.05) is 26.2 Å². The highest BCUT2D eigenvalue weighted by Gasteiger charge is 2.30. The second kappa shape index (κ2) is 13.7. The molecule has 0 spiro atoms. The lowest BCUT2D eigenvalue weighted by Crippen LogP contribution is -2.39. The average molecular weight is 572 g/mol. The molecule has 0 aliphatic heterocycles. The molecule has 0 saturated carbocycles. The molecule has 3 N–H and O–H groups in total. The smallest absolute Gasteiger partial charge is 0.416 e. The molecule has 11 heteroatoms. The summed E-state index contributed by atoms with van der Waals surface area (Å²) in [6.07, 6.45) is -1.64. The zero-order valence-corrected chi connectivity index (χ0v) is 20.6. The Hall–Kier alpha value is -1.60. The molecule has 6 nitrogen and oxygen atoms in total. The summed E-state index contributed by atoms with van der Waals surface area (Å²) in [5, 5.41) is 17.4. The molecule has 2 rings (SSSR count). The predicted octanol–water partition coefficient (Wildman–Crippen LogP) is 3.88. The molecule has 0 saturated heterocycles. The molecule has 1 atom stereocenters. The van der Waals surface area contributed by atoms with Gasteiger partial charge in [0, 0.05) is 30.6 Å². The van der Waals surface area contributed by atoms with Crippen molar-refractivity contribution >= 4 is 41.3 Å². The van der Waals surface area contributed by atoms with Gasteiger partial charge < -0.3 is 20.5 Å². The van der Waals surface area contributed by atoms with Gasteiger partial charge in [0.2, 0.25) is 0 Å². The quantitative estimate of drug-likeness (QED) is 0.229. The van der Waals surface area contributed by atoms with E-state index < -0.39 is 17.8 Å². The largest absolute Gasteiger partial charge is 0.491 e. The first-order chi connectivity index (χ1) is 14.3. The van der Waals surface area contributed by atoms with Gasteiger partial charge in [0.05, 0.1) is 17.1 Å². The van der Waals surface area contributed by atoms with Crippen LogP contribution in [0.25, 0.3) is 0 Å². The van der Waals surface area contributed by atoms with Crippen LogP contribution in [0.2, 0.25) is 0 Å². The van der Waals surface area contributed by atoms with E-state index in [-0.39, 0.29) is 42.9 Å². The summed E-state index contributed by atoms with van der Waals surface area (Å²) < 4.78 is 43.0. The lowest BCUT2D eigenvalue weighted by atomic mass is 10.2. The number of nitrogens with one attached hydrogen (secondary N) is 2. The molecule has 1 aromatic carbocycles. The standard InChI is InChI=1S/C20H27F3N4O2S.HI/c1-3-17-12-26-18(30-17)9-10-25-19(24-4-2)27-11-15(28)13-29-16-7-5-14(6-8-16)20(21,22)23;/h5-8,12,15,28H,3-4,9-11,13H2,1-2H3,(H2,24,25,27);1H. The number of alkyl halides is 3. The van der Waals surface area contributed by atoms with Gasteiger partial charge in [0.1, 0.15) is 18.5 Å². The Kier molecular flexibility index (Phi) is 12.2. The van der Waals surface area contributed by atoms with Crippen LogP contribution in [0.5, 0.6) is 5.75 Å². The van der Waals surface area contributed by atoms with Crippen molar-refractivity contribution in [3.8, 4) is 5.75 Å². The number of rotatable bonds is 10. The fourth-order valence-electron chi connectivity index (χ4n) is 2.44. The lowest BCUT2D eigenvalue weighted by Gasteiger charge is -2.14. The molecule has 0 aliphatic rings. The zero-order chi connectivity index (χ0) is 22.0. The van der Waals surface area contributed by atoms with E-state index in [1.807, 2.05) is 13.1 Å². The van der Waals surface area contributed by atoms with Crippen molar-refractivity contribution in [1.82, 2.24) is 15.6 Å². The highest BCUT2D eigenvalue weighted by molar-refractivity contribution is 14.0. The lowest BCUT2D eigenvalue weighted by molar-refractivity contribution is -0.137. The van der Waals surface area contributed by atoms with Crippen molar-refractivity contribution in [2.24, 2.45) is 4.99 Å². The summed E-state index contributed by atoms with van der Waals surface area (Å²) in [7, 11) is 0. The van der Waals surface area contributed by atoms with E-state index in [4.69, 9.17) is 4.74 Å². The minimum absolute atomic E-state index is 0. The van der Waals surface area contributed by atoms with E-state index in [1.54, 1.807) is 11.3 Å². The van der Waals surface area contributed by atoms with E-state index in [0.29, 0.717) is 19.0 Å². The predicted molar refractivity (Wildman–Crippen MR) is 128 cm³/mol. The van der Waals surface area contributed by atoms with Crippen LogP contribution in [0, 0.1) is 0 Å². The first-order valence-corrected chi connectivity index (χ1v) is 10.6. The van der Waals surface area contributed by atoms with Gasteiger partial charge in [0.15, 0.2) is 5.96 Å². The summed E-state index contributed by atoms with van der Waals surface area (Å²) in [5.74, 6) is 0.823. The maximum atomic E-state index is 12.6. The van der Waals surface area contributed by atoms with Gasteiger partial charge in [-0.2, -0.15) is 13.2 Å². The first kappa shape index (κ1) is 27.4. The molecule has 1 heterocycles. The fourth-order valence-corrected chi connectivity index (χ4v) is 3.30. The van der Waals surface area contributed by atoms with Crippen LogP contribution in [0.15, 0.2) is 35.5 Å². The molecular formula is C20H28F3IN4O2S. The number of halogens is 4.